The van der Waals surface area contributed by atoms with Crippen molar-refractivity contribution in [1.29, 1.82) is 0 Å². The SMILES string of the molecule is [B]C(=O)NC1(c2ccc(F)cc2)CCCCC12OCC(C)(C)CO2. The summed E-state index contributed by atoms with van der Waals surface area (Å²) >= 11 is 0. The molecule has 2 aliphatic rings. The topological polar surface area (TPSA) is 47.6 Å². The average molecular weight is 331 g/mol. The van der Waals surface area contributed by atoms with Crippen molar-refractivity contribution < 1.29 is 18.7 Å². The Morgan fingerprint density at radius 2 is 1.71 bits per heavy atom. The lowest BCUT2D eigenvalue weighted by Gasteiger charge is -2.56. The number of halogens is 1. The number of ether oxygens (including phenoxy) is 2. The lowest BCUT2D eigenvalue weighted by Crippen LogP contribution is -2.68. The molecule has 24 heavy (non-hydrogen) atoms. The van der Waals surface area contributed by atoms with E-state index in [1.54, 1.807) is 12.1 Å². The van der Waals surface area contributed by atoms with Crippen molar-refractivity contribution in [3.8, 4) is 0 Å². The summed E-state index contributed by atoms with van der Waals surface area (Å²) in [5.74, 6) is -1.95. The van der Waals surface area contributed by atoms with Gasteiger partial charge >= 0.3 is 0 Å². The highest BCUT2D eigenvalue weighted by atomic mass is 19.1. The lowest BCUT2D eigenvalue weighted by atomic mass is 9.70. The third kappa shape index (κ3) is 2.97. The predicted octanol–water partition coefficient (Wildman–Crippen LogP) is 3.24. The van der Waals surface area contributed by atoms with Crippen molar-refractivity contribution in [2.45, 2.75) is 50.9 Å². The second-order valence-electron chi connectivity index (χ2n) is 7.60. The van der Waals surface area contributed by atoms with E-state index >= 15 is 0 Å². The molecule has 128 valence electrons. The molecule has 2 radical (unpaired) electrons. The molecule has 1 saturated carbocycles. The zero-order valence-corrected chi connectivity index (χ0v) is 14.2. The Morgan fingerprint density at radius 3 is 2.29 bits per heavy atom. The number of amides is 1. The predicted molar refractivity (Wildman–Crippen MR) is 89.2 cm³/mol. The van der Waals surface area contributed by atoms with Crippen molar-refractivity contribution in [2.75, 3.05) is 13.2 Å². The van der Waals surface area contributed by atoms with Gasteiger partial charge in [-0.15, -0.1) is 0 Å². The van der Waals surface area contributed by atoms with Gasteiger partial charge in [-0.25, -0.2) is 4.39 Å². The molecule has 1 heterocycles. The first kappa shape index (κ1) is 17.4. The second-order valence-corrected chi connectivity index (χ2v) is 7.60. The van der Waals surface area contributed by atoms with Gasteiger partial charge < -0.3 is 14.8 Å². The van der Waals surface area contributed by atoms with E-state index in [-0.39, 0.29) is 11.2 Å². The van der Waals surface area contributed by atoms with Crippen LogP contribution in [0.5, 0.6) is 0 Å². The molecular weight excluding hydrogens is 308 g/mol. The smallest absolute Gasteiger partial charge is 0.200 e. The van der Waals surface area contributed by atoms with Gasteiger partial charge in [-0.2, -0.15) is 0 Å². The third-order valence-electron chi connectivity index (χ3n) is 5.02. The number of carbonyl (C=O) groups is 1. The summed E-state index contributed by atoms with van der Waals surface area (Å²) in [4.78, 5) is 11.8. The van der Waals surface area contributed by atoms with Crippen LogP contribution in [0.25, 0.3) is 0 Å². The van der Waals surface area contributed by atoms with E-state index in [9.17, 15) is 9.18 Å². The Morgan fingerprint density at radius 1 is 1.12 bits per heavy atom. The Hall–Kier alpha value is -1.40. The van der Waals surface area contributed by atoms with Gasteiger partial charge in [0.05, 0.1) is 13.2 Å². The minimum atomic E-state index is -0.979. The van der Waals surface area contributed by atoms with Crippen LogP contribution in [0, 0.1) is 11.2 Å². The van der Waals surface area contributed by atoms with Crippen LogP contribution in [0.15, 0.2) is 24.3 Å². The first-order chi connectivity index (χ1) is 11.3. The van der Waals surface area contributed by atoms with Gasteiger partial charge in [-0.3, -0.25) is 4.79 Å². The second kappa shape index (κ2) is 6.15. The maximum Gasteiger partial charge on any atom is 0.200 e. The first-order valence-corrected chi connectivity index (χ1v) is 8.40. The number of benzene rings is 1. The van der Waals surface area contributed by atoms with Gasteiger partial charge in [0.25, 0.3) is 0 Å². The summed E-state index contributed by atoms with van der Waals surface area (Å²) in [6, 6.07) is 6.11. The van der Waals surface area contributed by atoms with E-state index in [0.717, 1.165) is 18.4 Å². The molecule has 1 aromatic rings. The number of nitrogens with one attached hydrogen (secondary N) is 1. The molecule has 2 fully saturated rings. The molecule has 1 saturated heterocycles. The number of rotatable bonds is 2. The van der Waals surface area contributed by atoms with Gasteiger partial charge in [-0.05, 0) is 30.5 Å². The third-order valence-corrected chi connectivity index (χ3v) is 5.02. The van der Waals surface area contributed by atoms with Crippen LogP contribution in [0.2, 0.25) is 0 Å². The van der Waals surface area contributed by atoms with Crippen molar-refractivity contribution >= 4 is 13.7 Å². The normalized spacial score (nSPS) is 28.5. The molecule has 6 heteroatoms. The van der Waals surface area contributed by atoms with Gasteiger partial charge in [0.1, 0.15) is 11.4 Å². The fourth-order valence-corrected chi connectivity index (χ4v) is 3.79. The van der Waals surface area contributed by atoms with E-state index in [1.165, 1.54) is 12.1 Å². The molecule has 0 bridgehead atoms. The van der Waals surface area contributed by atoms with E-state index in [0.29, 0.717) is 26.1 Å². The number of hydrogen-bond donors (Lipinski definition) is 1. The number of carbonyl (C=O) groups excluding carboxylic acids is 1. The van der Waals surface area contributed by atoms with Gasteiger partial charge in [0, 0.05) is 11.8 Å². The Bertz CT molecular complexity index is 609. The largest absolute Gasteiger partial charge is 0.351 e. The summed E-state index contributed by atoms with van der Waals surface area (Å²) in [7, 11) is 5.48. The molecule has 3 rings (SSSR count). The van der Waals surface area contributed by atoms with Crippen molar-refractivity contribution in [1.82, 2.24) is 5.32 Å². The highest BCUT2D eigenvalue weighted by molar-refractivity contribution is 6.57. The summed E-state index contributed by atoms with van der Waals surface area (Å²) in [6.07, 6.45) is 3.11. The van der Waals surface area contributed by atoms with Gasteiger partial charge in [-0.1, -0.05) is 32.4 Å². The average Bonchev–Trinajstić information content (AvgIpc) is 2.52. The molecule has 0 aromatic heterocycles. The summed E-state index contributed by atoms with van der Waals surface area (Å²) in [6.45, 7) is 5.19. The Balaban J connectivity index is 2.07. The molecule has 1 aromatic carbocycles. The van der Waals surface area contributed by atoms with Crippen molar-refractivity contribution in [2.24, 2.45) is 5.41 Å². The molecule has 1 amide bonds. The fraction of sp³-hybridized carbons (Fsp3) is 0.611. The molecule has 1 unspecified atom stereocenters. The first-order valence-electron chi connectivity index (χ1n) is 8.40. The zero-order chi connectivity index (χ0) is 17.4. The van der Waals surface area contributed by atoms with E-state index in [1.807, 2.05) is 0 Å². The van der Waals surface area contributed by atoms with Crippen LogP contribution in [0.4, 0.5) is 9.18 Å². The van der Waals surface area contributed by atoms with Crippen LogP contribution >= 0.6 is 0 Å². The van der Waals surface area contributed by atoms with E-state index in [2.05, 4.69) is 19.2 Å². The van der Waals surface area contributed by atoms with Crippen LogP contribution in [0.1, 0.15) is 45.1 Å². The Labute approximate surface area is 143 Å². The zero-order valence-electron chi connectivity index (χ0n) is 14.2. The molecule has 1 aliphatic heterocycles. The maximum absolute atomic E-state index is 13.4. The Kier molecular flexibility index (Phi) is 4.47. The van der Waals surface area contributed by atoms with Gasteiger partial charge in [0.15, 0.2) is 11.6 Å². The lowest BCUT2D eigenvalue weighted by molar-refractivity contribution is -0.344. The molecule has 1 aliphatic carbocycles. The van der Waals surface area contributed by atoms with Crippen LogP contribution in [-0.4, -0.2) is 32.7 Å². The van der Waals surface area contributed by atoms with Crippen molar-refractivity contribution in [3.05, 3.63) is 35.6 Å². The van der Waals surface area contributed by atoms with E-state index in [4.69, 9.17) is 17.3 Å². The molecule has 1 atom stereocenters. The highest BCUT2D eigenvalue weighted by Gasteiger charge is 2.59. The van der Waals surface area contributed by atoms with Crippen molar-refractivity contribution in [3.63, 3.8) is 0 Å². The molecule has 1 spiro atoms. The summed E-state index contributed by atoms with van der Waals surface area (Å²) in [5.41, 5.74) is -0.257. The van der Waals surface area contributed by atoms with Crippen LogP contribution in [-0.2, 0) is 15.0 Å². The molecule has 4 nitrogen and oxygen atoms in total. The number of hydrogen-bond acceptors (Lipinski definition) is 3. The molecular formula is C18H23BFNO3. The standard InChI is InChI=1S/C18H23BFNO3/c1-16(2)11-23-18(24-12-16)10-4-3-9-17(18,21-15(19)22)13-5-7-14(20)8-6-13/h5-8H,3-4,9-12H2,1-2H3,(H,21,22). The van der Waals surface area contributed by atoms with E-state index < -0.39 is 17.1 Å². The summed E-state index contributed by atoms with van der Waals surface area (Å²) < 4.78 is 25.9. The highest BCUT2D eigenvalue weighted by Crippen LogP contribution is 2.50. The quantitative estimate of drug-likeness (QED) is 0.847. The minimum Gasteiger partial charge on any atom is -0.351 e. The fourth-order valence-electron chi connectivity index (χ4n) is 3.79. The minimum absolute atomic E-state index is 0.0933. The maximum atomic E-state index is 13.4. The van der Waals surface area contributed by atoms with Gasteiger partial charge in [0.2, 0.25) is 7.85 Å². The monoisotopic (exact) mass is 331 g/mol. The summed E-state index contributed by atoms with van der Waals surface area (Å²) in [5, 5.41) is 2.89. The molecule has 1 N–H and O–H groups in total. The van der Waals surface area contributed by atoms with Crippen LogP contribution < -0.4 is 5.32 Å². The van der Waals surface area contributed by atoms with Crippen LogP contribution in [0.3, 0.4) is 0 Å².